The predicted octanol–water partition coefficient (Wildman–Crippen LogP) is 1.91. The summed E-state index contributed by atoms with van der Waals surface area (Å²) in [6, 6.07) is 8.38. The minimum absolute atomic E-state index is 0.209. The third-order valence-corrected chi connectivity index (χ3v) is 4.58. The van der Waals surface area contributed by atoms with E-state index in [9.17, 15) is 0 Å². The topological polar surface area (TPSA) is 54.6 Å². The van der Waals surface area contributed by atoms with Gasteiger partial charge in [-0.1, -0.05) is 28.9 Å². The van der Waals surface area contributed by atoms with Gasteiger partial charge in [-0.3, -0.25) is 4.90 Å². The molecule has 2 fully saturated rings. The zero-order valence-electron chi connectivity index (χ0n) is 12.3. The van der Waals surface area contributed by atoms with Crippen molar-refractivity contribution >= 4 is 17.6 Å². The van der Waals surface area contributed by atoms with Crippen LogP contribution in [0.5, 0.6) is 0 Å². The molecular formula is C15H17ClN4O2. The number of rotatable bonds is 2. The van der Waals surface area contributed by atoms with Crippen LogP contribution in [0.15, 0.2) is 28.8 Å². The fourth-order valence-corrected chi connectivity index (χ4v) is 3.29. The molecule has 0 spiro atoms. The van der Waals surface area contributed by atoms with Crippen molar-refractivity contribution in [3.8, 4) is 11.4 Å². The molecule has 0 amide bonds. The Hall–Kier alpha value is -1.63. The Labute approximate surface area is 133 Å². The van der Waals surface area contributed by atoms with E-state index in [1.165, 1.54) is 0 Å². The number of aromatic nitrogens is 2. The zero-order chi connectivity index (χ0) is 15.1. The van der Waals surface area contributed by atoms with Crippen LogP contribution in [0.3, 0.4) is 0 Å². The summed E-state index contributed by atoms with van der Waals surface area (Å²) in [5.74, 6) is 0.557. The van der Waals surface area contributed by atoms with Crippen molar-refractivity contribution in [3.63, 3.8) is 0 Å². The van der Waals surface area contributed by atoms with Gasteiger partial charge < -0.3 is 14.2 Å². The lowest BCUT2D eigenvalue weighted by molar-refractivity contribution is -0.0362. The van der Waals surface area contributed by atoms with Crippen LogP contribution in [0.2, 0.25) is 5.02 Å². The fraction of sp³-hybridized carbons (Fsp3) is 0.467. The van der Waals surface area contributed by atoms with Gasteiger partial charge in [0, 0.05) is 23.7 Å². The van der Waals surface area contributed by atoms with Gasteiger partial charge in [-0.15, -0.1) is 0 Å². The molecule has 2 saturated heterocycles. The average molecular weight is 321 g/mol. The summed E-state index contributed by atoms with van der Waals surface area (Å²) in [6.45, 7) is 3.38. The summed E-state index contributed by atoms with van der Waals surface area (Å²) >= 11 is 6.01. The minimum Gasteiger partial charge on any atom is -0.373 e. The van der Waals surface area contributed by atoms with Crippen molar-refractivity contribution in [3.05, 3.63) is 29.3 Å². The molecule has 0 saturated carbocycles. The zero-order valence-corrected chi connectivity index (χ0v) is 13.0. The molecule has 1 aromatic heterocycles. The highest BCUT2D eigenvalue weighted by Gasteiger charge is 2.40. The average Bonchev–Trinajstić information content (AvgIpc) is 3.14. The minimum atomic E-state index is 0.209. The van der Waals surface area contributed by atoms with Gasteiger partial charge in [0.1, 0.15) is 0 Å². The Balaban J connectivity index is 1.55. The van der Waals surface area contributed by atoms with Crippen molar-refractivity contribution < 1.29 is 9.26 Å². The van der Waals surface area contributed by atoms with Gasteiger partial charge in [-0.2, -0.15) is 4.98 Å². The lowest BCUT2D eigenvalue weighted by Crippen LogP contribution is -2.48. The van der Waals surface area contributed by atoms with Crippen molar-refractivity contribution in [2.24, 2.45) is 0 Å². The van der Waals surface area contributed by atoms with Gasteiger partial charge in [0.15, 0.2) is 0 Å². The molecule has 4 rings (SSSR count). The van der Waals surface area contributed by atoms with Gasteiger partial charge in [0.25, 0.3) is 0 Å². The number of ether oxygens (including phenoxy) is 1. The summed E-state index contributed by atoms with van der Waals surface area (Å²) in [5, 5.41) is 4.73. The summed E-state index contributed by atoms with van der Waals surface area (Å²) < 4.78 is 11.3. The number of hydrogen-bond acceptors (Lipinski definition) is 6. The van der Waals surface area contributed by atoms with Crippen LogP contribution in [-0.4, -0.2) is 60.5 Å². The van der Waals surface area contributed by atoms with E-state index in [2.05, 4.69) is 27.0 Å². The molecule has 2 aromatic rings. The van der Waals surface area contributed by atoms with Crippen molar-refractivity contribution in [2.45, 2.75) is 12.1 Å². The first-order valence-electron chi connectivity index (χ1n) is 7.37. The third-order valence-electron chi connectivity index (χ3n) is 4.35. The molecular weight excluding hydrogens is 304 g/mol. The van der Waals surface area contributed by atoms with Crippen LogP contribution in [0.4, 0.5) is 6.01 Å². The van der Waals surface area contributed by atoms with Crippen LogP contribution < -0.4 is 4.90 Å². The lowest BCUT2D eigenvalue weighted by atomic mass is 10.1. The van der Waals surface area contributed by atoms with Crippen LogP contribution in [0, 0.1) is 0 Å². The van der Waals surface area contributed by atoms with E-state index in [4.69, 9.17) is 20.9 Å². The molecule has 6 nitrogen and oxygen atoms in total. The second kappa shape index (κ2) is 5.53. The molecule has 2 aliphatic rings. The Morgan fingerprint density at radius 2 is 2.23 bits per heavy atom. The van der Waals surface area contributed by atoms with Gasteiger partial charge in [0.2, 0.25) is 5.82 Å². The Morgan fingerprint density at radius 1 is 1.32 bits per heavy atom. The quantitative estimate of drug-likeness (QED) is 0.842. The molecule has 116 valence electrons. The number of anilines is 1. The fourth-order valence-electron chi connectivity index (χ4n) is 3.10. The lowest BCUT2D eigenvalue weighted by Gasteiger charge is -2.33. The Morgan fingerprint density at radius 3 is 3.05 bits per heavy atom. The maximum Gasteiger partial charge on any atom is 0.324 e. The number of likely N-dealkylation sites (N-methyl/N-ethyl adjacent to an activating group) is 1. The van der Waals surface area contributed by atoms with E-state index in [-0.39, 0.29) is 6.10 Å². The summed E-state index contributed by atoms with van der Waals surface area (Å²) in [4.78, 5) is 8.93. The van der Waals surface area contributed by atoms with Crippen molar-refractivity contribution in [1.82, 2.24) is 15.0 Å². The molecule has 0 N–H and O–H groups in total. The van der Waals surface area contributed by atoms with Crippen LogP contribution in [0.1, 0.15) is 0 Å². The molecule has 7 heteroatoms. The molecule has 2 unspecified atom stereocenters. The largest absolute Gasteiger partial charge is 0.373 e. The molecule has 0 aliphatic carbocycles. The summed E-state index contributed by atoms with van der Waals surface area (Å²) in [5.41, 5.74) is 0.854. The van der Waals surface area contributed by atoms with Gasteiger partial charge in [-0.25, -0.2) is 0 Å². The molecule has 1 aromatic carbocycles. The number of morpholine rings is 1. The first-order chi connectivity index (χ1) is 10.7. The number of nitrogens with zero attached hydrogens (tertiary/aromatic N) is 4. The van der Waals surface area contributed by atoms with E-state index >= 15 is 0 Å². The number of benzene rings is 1. The smallest absolute Gasteiger partial charge is 0.324 e. The van der Waals surface area contributed by atoms with E-state index in [0.717, 1.165) is 31.8 Å². The summed E-state index contributed by atoms with van der Waals surface area (Å²) in [7, 11) is 2.13. The number of fused-ring (bicyclic) bond motifs is 1. The van der Waals surface area contributed by atoms with E-state index in [1.807, 2.05) is 24.3 Å². The van der Waals surface area contributed by atoms with Crippen LogP contribution >= 0.6 is 11.6 Å². The standard InChI is InChI=1S/C15H17ClN4O2/c1-19-5-6-21-13-9-20(8-12(13)19)15-17-14(18-22-15)10-3-2-4-11(16)7-10/h2-4,7,12-13H,5-6,8-9H2,1H3. The molecule has 2 aliphatic heterocycles. The number of hydrogen-bond donors (Lipinski definition) is 0. The summed E-state index contributed by atoms with van der Waals surface area (Å²) in [6.07, 6.45) is 0.209. The molecule has 2 atom stereocenters. The van der Waals surface area contributed by atoms with E-state index in [0.29, 0.717) is 22.9 Å². The highest BCUT2D eigenvalue weighted by Crippen LogP contribution is 2.28. The van der Waals surface area contributed by atoms with E-state index in [1.54, 1.807) is 0 Å². The highest BCUT2D eigenvalue weighted by molar-refractivity contribution is 6.30. The molecule has 0 radical (unpaired) electrons. The third kappa shape index (κ3) is 2.47. The second-order valence-corrected chi connectivity index (χ2v) is 6.21. The highest BCUT2D eigenvalue weighted by atomic mass is 35.5. The molecule has 3 heterocycles. The number of halogens is 1. The predicted molar refractivity (Wildman–Crippen MR) is 83.1 cm³/mol. The second-order valence-electron chi connectivity index (χ2n) is 5.77. The first kappa shape index (κ1) is 14.0. The monoisotopic (exact) mass is 320 g/mol. The van der Waals surface area contributed by atoms with Gasteiger partial charge in [0.05, 0.1) is 25.3 Å². The normalized spacial score (nSPS) is 25.5. The van der Waals surface area contributed by atoms with Gasteiger partial charge >= 0.3 is 6.01 Å². The van der Waals surface area contributed by atoms with Crippen LogP contribution in [-0.2, 0) is 4.74 Å². The SMILES string of the molecule is CN1CCOC2CN(c3nc(-c4cccc(Cl)c4)no3)CC21. The molecule has 22 heavy (non-hydrogen) atoms. The van der Waals surface area contributed by atoms with E-state index < -0.39 is 0 Å². The van der Waals surface area contributed by atoms with Crippen molar-refractivity contribution in [2.75, 3.05) is 38.2 Å². The van der Waals surface area contributed by atoms with Gasteiger partial charge in [-0.05, 0) is 19.2 Å². The first-order valence-corrected chi connectivity index (χ1v) is 7.75. The molecule has 0 bridgehead atoms. The Kier molecular flexibility index (Phi) is 3.52. The Bertz CT molecular complexity index is 677. The maximum absolute atomic E-state index is 6.01. The maximum atomic E-state index is 6.01. The van der Waals surface area contributed by atoms with Crippen molar-refractivity contribution in [1.29, 1.82) is 0 Å². The van der Waals surface area contributed by atoms with Crippen LogP contribution in [0.25, 0.3) is 11.4 Å².